The van der Waals surface area contributed by atoms with Crippen molar-refractivity contribution in [1.29, 1.82) is 0 Å². The zero-order valence-electron chi connectivity index (χ0n) is 13.5. The second-order valence-corrected chi connectivity index (χ2v) is 6.25. The normalized spacial score (nSPS) is 19.0. The Bertz CT molecular complexity index is 487. The van der Waals surface area contributed by atoms with E-state index in [1.807, 2.05) is 12.1 Å². The lowest BCUT2D eigenvalue weighted by Gasteiger charge is -2.20. The highest BCUT2D eigenvalue weighted by molar-refractivity contribution is 5.92. The largest absolute Gasteiger partial charge is 0.385 e. The van der Waals surface area contributed by atoms with E-state index >= 15 is 0 Å². The minimum Gasteiger partial charge on any atom is -0.385 e. The maximum absolute atomic E-state index is 11.9. The second-order valence-electron chi connectivity index (χ2n) is 6.25. The van der Waals surface area contributed by atoms with Crippen molar-refractivity contribution in [2.45, 2.75) is 26.3 Å². The number of carbonyl (C=O) groups is 1. The van der Waals surface area contributed by atoms with Crippen molar-refractivity contribution in [1.82, 2.24) is 14.8 Å². The van der Waals surface area contributed by atoms with E-state index < -0.39 is 0 Å². The van der Waals surface area contributed by atoms with Crippen molar-refractivity contribution in [3.63, 3.8) is 0 Å². The number of likely N-dealkylation sites (tertiary alicyclic amines) is 1. The SMILES string of the molecule is CC(C)N1CCC(CNc2ccnc(C(=O)N(C)C)c2)C1. The molecular formula is C16H26N4O. The van der Waals surface area contributed by atoms with Crippen LogP contribution in [0.15, 0.2) is 18.3 Å². The summed E-state index contributed by atoms with van der Waals surface area (Å²) in [5.41, 5.74) is 1.46. The van der Waals surface area contributed by atoms with Crippen LogP contribution in [-0.4, -0.2) is 60.5 Å². The van der Waals surface area contributed by atoms with Gasteiger partial charge in [0.2, 0.25) is 0 Å². The number of aromatic nitrogens is 1. The fraction of sp³-hybridized carbons (Fsp3) is 0.625. The van der Waals surface area contributed by atoms with Gasteiger partial charge in [-0.1, -0.05) is 0 Å². The molecule has 21 heavy (non-hydrogen) atoms. The highest BCUT2D eigenvalue weighted by atomic mass is 16.2. The monoisotopic (exact) mass is 290 g/mol. The first-order chi connectivity index (χ1) is 9.97. The van der Waals surface area contributed by atoms with Gasteiger partial charge in [-0.3, -0.25) is 9.78 Å². The number of amides is 1. The molecule has 0 aliphatic carbocycles. The fourth-order valence-corrected chi connectivity index (χ4v) is 2.65. The molecule has 5 nitrogen and oxygen atoms in total. The predicted octanol–water partition coefficient (Wildman–Crippen LogP) is 1.93. The molecule has 1 saturated heterocycles. The third-order valence-electron chi connectivity index (χ3n) is 4.03. The molecule has 1 aliphatic heterocycles. The number of hydrogen-bond donors (Lipinski definition) is 1. The Morgan fingerprint density at radius 2 is 2.29 bits per heavy atom. The molecule has 2 rings (SSSR count). The molecule has 2 heterocycles. The van der Waals surface area contributed by atoms with E-state index in [0.717, 1.165) is 18.8 Å². The van der Waals surface area contributed by atoms with Crippen LogP contribution < -0.4 is 5.32 Å². The molecule has 0 bridgehead atoms. The highest BCUT2D eigenvalue weighted by Crippen LogP contribution is 2.19. The summed E-state index contributed by atoms with van der Waals surface area (Å²) in [7, 11) is 3.48. The molecule has 116 valence electrons. The summed E-state index contributed by atoms with van der Waals surface area (Å²) in [4.78, 5) is 20.1. The number of nitrogens with zero attached hydrogens (tertiary/aromatic N) is 3. The molecule has 0 aromatic carbocycles. The second kappa shape index (κ2) is 6.89. The van der Waals surface area contributed by atoms with Crippen LogP contribution in [0.1, 0.15) is 30.8 Å². The topological polar surface area (TPSA) is 48.5 Å². The average Bonchev–Trinajstić information content (AvgIpc) is 2.93. The van der Waals surface area contributed by atoms with Gasteiger partial charge in [-0.05, 0) is 44.9 Å². The van der Waals surface area contributed by atoms with Gasteiger partial charge in [0.1, 0.15) is 5.69 Å². The Hall–Kier alpha value is -1.62. The Labute approximate surface area is 127 Å². The molecule has 1 atom stereocenters. The maximum Gasteiger partial charge on any atom is 0.272 e. The first-order valence-corrected chi connectivity index (χ1v) is 7.63. The van der Waals surface area contributed by atoms with Gasteiger partial charge in [-0.25, -0.2) is 0 Å². The molecule has 1 amide bonds. The summed E-state index contributed by atoms with van der Waals surface area (Å²) in [5.74, 6) is 0.610. The molecule has 1 aromatic rings. The molecule has 0 radical (unpaired) electrons. The number of rotatable bonds is 5. The lowest BCUT2D eigenvalue weighted by Crippen LogP contribution is -2.29. The third kappa shape index (κ3) is 4.17. The van der Waals surface area contributed by atoms with Crippen LogP contribution in [0.25, 0.3) is 0 Å². The van der Waals surface area contributed by atoms with Crippen molar-refractivity contribution in [3.05, 3.63) is 24.0 Å². The predicted molar refractivity (Wildman–Crippen MR) is 85.6 cm³/mol. The quantitative estimate of drug-likeness (QED) is 0.900. The Morgan fingerprint density at radius 3 is 2.90 bits per heavy atom. The number of carbonyl (C=O) groups excluding carboxylic acids is 1. The van der Waals surface area contributed by atoms with Gasteiger partial charge >= 0.3 is 0 Å². The third-order valence-corrected chi connectivity index (χ3v) is 4.03. The van der Waals surface area contributed by atoms with Crippen molar-refractivity contribution >= 4 is 11.6 Å². The van der Waals surface area contributed by atoms with Gasteiger partial charge in [-0.15, -0.1) is 0 Å². The number of pyridine rings is 1. The standard InChI is InChI=1S/C16H26N4O/c1-12(2)20-8-6-13(11-20)10-18-14-5-7-17-15(9-14)16(21)19(3)4/h5,7,9,12-13H,6,8,10-11H2,1-4H3,(H,17,18). The van der Waals surface area contributed by atoms with Gasteiger partial charge < -0.3 is 15.1 Å². The van der Waals surface area contributed by atoms with Gasteiger partial charge in [0.15, 0.2) is 0 Å². The summed E-state index contributed by atoms with van der Waals surface area (Å²) in [5, 5.41) is 3.44. The van der Waals surface area contributed by atoms with Gasteiger partial charge in [0, 0.05) is 45.1 Å². The molecule has 1 N–H and O–H groups in total. The first kappa shape index (κ1) is 15.8. The minimum atomic E-state index is -0.0644. The van der Waals surface area contributed by atoms with E-state index in [1.54, 1.807) is 25.2 Å². The summed E-state index contributed by atoms with van der Waals surface area (Å²) in [6.07, 6.45) is 2.92. The molecule has 1 aliphatic rings. The molecule has 1 unspecified atom stereocenters. The van der Waals surface area contributed by atoms with Crippen molar-refractivity contribution in [3.8, 4) is 0 Å². The Morgan fingerprint density at radius 1 is 1.52 bits per heavy atom. The van der Waals surface area contributed by atoms with Gasteiger partial charge in [0.25, 0.3) is 5.91 Å². The smallest absolute Gasteiger partial charge is 0.272 e. The van der Waals surface area contributed by atoms with Crippen molar-refractivity contribution in [2.75, 3.05) is 39.0 Å². The molecule has 1 fully saturated rings. The van der Waals surface area contributed by atoms with Crippen molar-refractivity contribution < 1.29 is 4.79 Å². The zero-order chi connectivity index (χ0) is 15.4. The average molecular weight is 290 g/mol. The lowest BCUT2D eigenvalue weighted by molar-refractivity contribution is 0.0822. The van der Waals surface area contributed by atoms with Crippen molar-refractivity contribution in [2.24, 2.45) is 5.92 Å². The number of anilines is 1. The van der Waals surface area contributed by atoms with Crippen LogP contribution >= 0.6 is 0 Å². The molecule has 0 saturated carbocycles. The molecular weight excluding hydrogens is 264 g/mol. The van der Waals surface area contributed by atoms with E-state index in [-0.39, 0.29) is 5.91 Å². The highest BCUT2D eigenvalue weighted by Gasteiger charge is 2.23. The minimum absolute atomic E-state index is 0.0644. The van der Waals surface area contributed by atoms with Crippen LogP contribution in [0.3, 0.4) is 0 Å². The Kier molecular flexibility index (Phi) is 5.17. The lowest BCUT2D eigenvalue weighted by atomic mass is 10.1. The van der Waals surface area contributed by atoms with Crippen LogP contribution in [0.4, 0.5) is 5.69 Å². The number of hydrogen-bond acceptors (Lipinski definition) is 4. The number of nitrogens with one attached hydrogen (secondary N) is 1. The van der Waals surface area contributed by atoms with Crippen LogP contribution in [-0.2, 0) is 0 Å². The van der Waals surface area contributed by atoms with E-state index in [4.69, 9.17) is 0 Å². The van der Waals surface area contributed by atoms with E-state index in [2.05, 4.69) is 29.0 Å². The van der Waals surface area contributed by atoms with E-state index in [9.17, 15) is 4.79 Å². The fourth-order valence-electron chi connectivity index (χ4n) is 2.65. The molecule has 5 heteroatoms. The first-order valence-electron chi connectivity index (χ1n) is 7.63. The zero-order valence-corrected chi connectivity index (χ0v) is 13.5. The summed E-state index contributed by atoms with van der Waals surface area (Å²) >= 11 is 0. The van der Waals surface area contributed by atoms with E-state index in [0.29, 0.717) is 17.7 Å². The maximum atomic E-state index is 11.9. The molecule has 1 aromatic heterocycles. The van der Waals surface area contributed by atoms with Crippen LogP contribution in [0.5, 0.6) is 0 Å². The summed E-state index contributed by atoms with van der Waals surface area (Å²) in [6.45, 7) is 7.78. The Balaban J connectivity index is 1.89. The van der Waals surface area contributed by atoms with Gasteiger partial charge in [-0.2, -0.15) is 0 Å². The summed E-state index contributed by atoms with van der Waals surface area (Å²) in [6, 6.07) is 4.37. The van der Waals surface area contributed by atoms with Crippen LogP contribution in [0.2, 0.25) is 0 Å². The summed E-state index contributed by atoms with van der Waals surface area (Å²) < 4.78 is 0. The van der Waals surface area contributed by atoms with Crippen LogP contribution in [0, 0.1) is 5.92 Å². The molecule has 0 spiro atoms. The van der Waals surface area contributed by atoms with E-state index in [1.165, 1.54) is 13.0 Å². The van der Waals surface area contributed by atoms with Gasteiger partial charge in [0.05, 0.1) is 0 Å².